The number of nitrogens with zero attached hydrogens (tertiary/aromatic N) is 3. The molecule has 2 N–H and O–H groups in total. The molecule has 1 aliphatic heterocycles. The van der Waals surface area contributed by atoms with Gasteiger partial charge in [-0.1, -0.05) is 29.4 Å². The number of fused-ring (bicyclic) bond motifs is 1. The molecule has 0 fully saturated rings. The van der Waals surface area contributed by atoms with Gasteiger partial charge in [-0.3, -0.25) is 4.90 Å². The van der Waals surface area contributed by atoms with Gasteiger partial charge in [0.1, 0.15) is 11.4 Å². The lowest BCUT2D eigenvalue weighted by Crippen LogP contribution is -2.31. The van der Waals surface area contributed by atoms with Crippen molar-refractivity contribution in [3.05, 3.63) is 58.9 Å². The number of rotatable bonds is 6. The minimum atomic E-state index is 0.0310. The van der Waals surface area contributed by atoms with Gasteiger partial charge in [-0.25, -0.2) is 4.98 Å². The van der Waals surface area contributed by atoms with E-state index in [1.165, 1.54) is 11.1 Å². The lowest BCUT2D eigenvalue weighted by atomic mass is 10.00. The number of hydrogen-bond donors (Lipinski definition) is 2. The maximum atomic E-state index is 9.62. The summed E-state index contributed by atoms with van der Waals surface area (Å²) in [5, 5.41) is 21.1. The average Bonchev–Trinajstić information content (AvgIpc) is 2.61. The van der Waals surface area contributed by atoms with Crippen molar-refractivity contribution in [2.45, 2.75) is 32.2 Å². The molecule has 0 bridgehead atoms. The summed E-state index contributed by atoms with van der Waals surface area (Å²) in [6, 6.07) is 12.1. The average molecular weight is 325 g/mol. The standard InChI is InChI=1S/C19H23N3O2/c23-19-9-8-17(21-18(19)13-20-24)7-3-4-11-22-12-10-15-5-1-2-6-16(15)14-22/h1-2,5-6,8-9,13,23-24H,3-4,7,10-12,14H2/b20-13-. The van der Waals surface area contributed by atoms with Crippen molar-refractivity contribution in [1.82, 2.24) is 9.88 Å². The molecule has 5 heteroatoms. The topological polar surface area (TPSA) is 69.0 Å². The first kappa shape index (κ1) is 16.5. The van der Waals surface area contributed by atoms with Gasteiger partial charge in [-0.2, -0.15) is 0 Å². The zero-order valence-electron chi connectivity index (χ0n) is 13.7. The highest BCUT2D eigenvalue weighted by Crippen LogP contribution is 2.19. The van der Waals surface area contributed by atoms with Gasteiger partial charge in [0.15, 0.2) is 0 Å². The molecular weight excluding hydrogens is 302 g/mol. The van der Waals surface area contributed by atoms with E-state index in [1.807, 2.05) is 6.07 Å². The van der Waals surface area contributed by atoms with Gasteiger partial charge in [-0.05, 0) is 55.5 Å². The Morgan fingerprint density at radius 2 is 1.96 bits per heavy atom. The lowest BCUT2D eigenvalue weighted by Gasteiger charge is -2.28. The molecule has 2 heterocycles. The Morgan fingerprint density at radius 3 is 2.79 bits per heavy atom. The highest BCUT2D eigenvalue weighted by molar-refractivity contribution is 5.80. The number of pyridine rings is 1. The predicted octanol–water partition coefficient (Wildman–Crippen LogP) is 2.98. The molecule has 0 saturated carbocycles. The molecule has 0 atom stereocenters. The van der Waals surface area contributed by atoms with Gasteiger partial charge in [0.05, 0.1) is 6.21 Å². The van der Waals surface area contributed by atoms with Gasteiger partial charge in [0, 0.05) is 18.8 Å². The first-order chi connectivity index (χ1) is 11.8. The molecule has 1 aromatic heterocycles. The van der Waals surface area contributed by atoms with Gasteiger partial charge in [-0.15, -0.1) is 0 Å². The second kappa shape index (κ2) is 7.93. The zero-order valence-corrected chi connectivity index (χ0v) is 13.7. The van der Waals surface area contributed by atoms with E-state index in [-0.39, 0.29) is 5.75 Å². The maximum absolute atomic E-state index is 9.62. The monoisotopic (exact) mass is 325 g/mol. The molecule has 0 radical (unpaired) electrons. The lowest BCUT2D eigenvalue weighted by molar-refractivity contribution is 0.249. The summed E-state index contributed by atoms with van der Waals surface area (Å²) in [6.07, 6.45) is 5.32. The Labute approximate surface area is 142 Å². The molecule has 3 rings (SSSR count). The third-order valence-electron chi connectivity index (χ3n) is 4.51. The smallest absolute Gasteiger partial charge is 0.142 e. The van der Waals surface area contributed by atoms with Crippen LogP contribution in [0.5, 0.6) is 5.75 Å². The van der Waals surface area contributed by atoms with E-state index in [4.69, 9.17) is 5.21 Å². The van der Waals surface area contributed by atoms with Gasteiger partial charge in [0.25, 0.3) is 0 Å². The number of benzene rings is 1. The molecule has 5 nitrogen and oxygen atoms in total. The Bertz CT molecular complexity index is 716. The van der Waals surface area contributed by atoms with Crippen LogP contribution >= 0.6 is 0 Å². The van der Waals surface area contributed by atoms with Crippen molar-refractivity contribution in [1.29, 1.82) is 0 Å². The summed E-state index contributed by atoms with van der Waals surface area (Å²) in [5.74, 6) is 0.0310. The van der Waals surface area contributed by atoms with Crippen LogP contribution in [-0.2, 0) is 19.4 Å². The Morgan fingerprint density at radius 1 is 1.12 bits per heavy atom. The Balaban J connectivity index is 1.45. The number of aromatic nitrogens is 1. The van der Waals surface area contributed by atoms with Crippen molar-refractivity contribution >= 4 is 6.21 Å². The van der Waals surface area contributed by atoms with Crippen molar-refractivity contribution in [3.63, 3.8) is 0 Å². The van der Waals surface area contributed by atoms with Crippen LogP contribution in [0.15, 0.2) is 41.6 Å². The highest BCUT2D eigenvalue weighted by atomic mass is 16.4. The minimum Gasteiger partial charge on any atom is -0.506 e. The Kier molecular flexibility index (Phi) is 5.43. The summed E-state index contributed by atoms with van der Waals surface area (Å²) in [7, 11) is 0. The molecular formula is C19H23N3O2. The van der Waals surface area contributed by atoms with Crippen molar-refractivity contribution in [2.75, 3.05) is 13.1 Å². The fourth-order valence-electron chi connectivity index (χ4n) is 3.19. The summed E-state index contributed by atoms with van der Waals surface area (Å²) in [6.45, 7) is 3.27. The molecule has 0 aliphatic carbocycles. The van der Waals surface area contributed by atoms with E-state index < -0.39 is 0 Å². The van der Waals surface area contributed by atoms with E-state index in [9.17, 15) is 5.11 Å². The normalized spacial score (nSPS) is 14.8. The van der Waals surface area contributed by atoms with Crippen LogP contribution in [0.4, 0.5) is 0 Å². The fraction of sp³-hybridized carbons (Fsp3) is 0.368. The number of unbranched alkanes of at least 4 members (excludes halogenated alkanes) is 1. The second-order valence-electron chi connectivity index (χ2n) is 6.20. The molecule has 0 saturated heterocycles. The number of aromatic hydroxyl groups is 1. The van der Waals surface area contributed by atoms with Crippen LogP contribution in [-0.4, -0.2) is 39.5 Å². The molecule has 126 valence electrons. The molecule has 1 aromatic carbocycles. The van der Waals surface area contributed by atoms with Crippen LogP contribution in [0.3, 0.4) is 0 Å². The van der Waals surface area contributed by atoms with E-state index in [0.717, 1.165) is 57.2 Å². The van der Waals surface area contributed by atoms with Crippen LogP contribution < -0.4 is 0 Å². The summed E-state index contributed by atoms with van der Waals surface area (Å²) >= 11 is 0. The maximum Gasteiger partial charge on any atom is 0.142 e. The summed E-state index contributed by atoms with van der Waals surface area (Å²) in [5.41, 5.74) is 4.16. The van der Waals surface area contributed by atoms with Gasteiger partial charge >= 0.3 is 0 Å². The quantitative estimate of drug-likeness (QED) is 0.371. The molecule has 0 amide bonds. The fourth-order valence-corrected chi connectivity index (χ4v) is 3.19. The molecule has 0 spiro atoms. The third-order valence-corrected chi connectivity index (χ3v) is 4.51. The van der Waals surface area contributed by atoms with Crippen LogP contribution in [0.25, 0.3) is 0 Å². The summed E-state index contributed by atoms with van der Waals surface area (Å²) < 4.78 is 0. The second-order valence-corrected chi connectivity index (χ2v) is 6.20. The van der Waals surface area contributed by atoms with Gasteiger partial charge in [0.2, 0.25) is 0 Å². The van der Waals surface area contributed by atoms with Gasteiger partial charge < -0.3 is 10.3 Å². The van der Waals surface area contributed by atoms with Crippen LogP contribution in [0.1, 0.15) is 35.4 Å². The number of oxime groups is 1. The van der Waals surface area contributed by atoms with Crippen molar-refractivity contribution < 1.29 is 10.3 Å². The van der Waals surface area contributed by atoms with E-state index in [0.29, 0.717) is 5.69 Å². The first-order valence-corrected chi connectivity index (χ1v) is 8.42. The van der Waals surface area contributed by atoms with Crippen molar-refractivity contribution in [2.24, 2.45) is 5.16 Å². The molecule has 1 aliphatic rings. The van der Waals surface area contributed by atoms with E-state index >= 15 is 0 Å². The van der Waals surface area contributed by atoms with Crippen LogP contribution in [0.2, 0.25) is 0 Å². The zero-order chi connectivity index (χ0) is 16.8. The minimum absolute atomic E-state index is 0.0310. The van der Waals surface area contributed by atoms with E-state index in [2.05, 4.69) is 39.3 Å². The molecule has 24 heavy (non-hydrogen) atoms. The highest BCUT2D eigenvalue weighted by Gasteiger charge is 2.14. The number of hydrogen-bond acceptors (Lipinski definition) is 5. The SMILES string of the molecule is O/N=C\c1nc(CCCCN2CCc3ccccc3C2)ccc1O. The largest absolute Gasteiger partial charge is 0.506 e. The van der Waals surface area contributed by atoms with E-state index in [1.54, 1.807) is 6.07 Å². The van der Waals surface area contributed by atoms with Crippen molar-refractivity contribution in [3.8, 4) is 5.75 Å². The molecule has 0 unspecified atom stereocenters. The van der Waals surface area contributed by atoms with Crippen LogP contribution in [0, 0.1) is 0 Å². The first-order valence-electron chi connectivity index (χ1n) is 8.42. The third kappa shape index (κ3) is 4.11. The Hall–Kier alpha value is -2.40. The predicted molar refractivity (Wildman–Crippen MR) is 93.6 cm³/mol. The molecule has 2 aromatic rings. The summed E-state index contributed by atoms with van der Waals surface area (Å²) in [4.78, 5) is 6.81. The number of aryl methyl sites for hydroxylation is 1.